The maximum atomic E-state index is 11.9. The number of rotatable bonds is 5. The van der Waals surface area contributed by atoms with Crippen LogP contribution in [0.5, 0.6) is 0 Å². The molecule has 0 bridgehead atoms. The Labute approximate surface area is 159 Å². The molecule has 1 aromatic carbocycles. The molecule has 0 radical (unpaired) electrons. The van der Waals surface area contributed by atoms with Gasteiger partial charge in [0.05, 0.1) is 28.8 Å². The maximum Gasteiger partial charge on any atom is 0.311 e. The molecule has 0 atom stereocenters. The molecular formula is C17H15Cl2N5O2. The van der Waals surface area contributed by atoms with Crippen LogP contribution in [-0.4, -0.2) is 32.1 Å². The molecule has 0 aliphatic rings. The van der Waals surface area contributed by atoms with Crippen LogP contribution < -0.4 is 5.73 Å². The lowest BCUT2D eigenvalue weighted by molar-refractivity contribution is -0.142. The quantitative estimate of drug-likeness (QED) is 0.670. The number of hydrogen-bond donors (Lipinski definition) is 1. The number of aromatic nitrogens is 4. The topological polar surface area (TPSA) is 95.9 Å². The van der Waals surface area contributed by atoms with Crippen LogP contribution in [0.1, 0.15) is 12.6 Å². The van der Waals surface area contributed by atoms with Gasteiger partial charge in [0.1, 0.15) is 11.6 Å². The fraction of sp³-hybridized carbons (Fsp3) is 0.176. The Balaban J connectivity index is 2.14. The molecular weight excluding hydrogens is 377 g/mol. The minimum atomic E-state index is -0.364. The standard InChI is InChI=1S/C17H15Cl2N5O2/c1-2-26-15(25)8-11-9-22-16(10-3-4-12(18)13(19)7-10)24(11)14-5-6-21-17(20)23-14/h3-7,9H,2,8H2,1H3,(H2,20,21,23). The monoisotopic (exact) mass is 391 g/mol. The third-order valence-electron chi connectivity index (χ3n) is 3.53. The van der Waals surface area contributed by atoms with Crippen molar-refractivity contribution in [1.82, 2.24) is 19.5 Å². The number of benzene rings is 1. The number of anilines is 1. The highest BCUT2D eigenvalue weighted by Gasteiger charge is 2.18. The molecule has 0 saturated carbocycles. The predicted octanol–water partition coefficient (Wildman–Crippen LogP) is 3.32. The summed E-state index contributed by atoms with van der Waals surface area (Å²) in [5, 5.41) is 0.833. The summed E-state index contributed by atoms with van der Waals surface area (Å²) in [6.07, 6.45) is 3.16. The molecule has 0 unspecified atom stereocenters. The van der Waals surface area contributed by atoms with Gasteiger partial charge in [-0.15, -0.1) is 0 Å². The number of nitrogens with two attached hydrogens (primary N) is 1. The van der Waals surface area contributed by atoms with Crippen LogP contribution in [0.3, 0.4) is 0 Å². The lowest BCUT2D eigenvalue weighted by atomic mass is 10.2. The average molecular weight is 392 g/mol. The van der Waals surface area contributed by atoms with Crippen molar-refractivity contribution in [3.8, 4) is 17.2 Å². The van der Waals surface area contributed by atoms with Crippen molar-refractivity contribution in [2.45, 2.75) is 13.3 Å². The lowest BCUT2D eigenvalue weighted by Gasteiger charge is -2.12. The Morgan fingerprint density at radius 3 is 2.73 bits per heavy atom. The molecule has 0 fully saturated rings. The fourth-order valence-corrected chi connectivity index (χ4v) is 2.75. The second-order valence-corrected chi connectivity index (χ2v) is 6.11. The summed E-state index contributed by atoms with van der Waals surface area (Å²) in [5.41, 5.74) is 7.02. The van der Waals surface area contributed by atoms with Crippen molar-refractivity contribution in [2.75, 3.05) is 12.3 Å². The molecule has 2 heterocycles. The van der Waals surface area contributed by atoms with E-state index in [9.17, 15) is 4.79 Å². The van der Waals surface area contributed by atoms with Gasteiger partial charge in [-0.05, 0) is 31.2 Å². The van der Waals surface area contributed by atoms with E-state index in [0.29, 0.717) is 39.6 Å². The van der Waals surface area contributed by atoms with Crippen LogP contribution in [0.15, 0.2) is 36.7 Å². The zero-order valence-corrected chi connectivity index (χ0v) is 15.3. The van der Waals surface area contributed by atoms with Crippen LogP contribution in [-0.2, 0) is 16.0 Å². The van der Waals surface area contributed by atoms with Gasteiger partial charge in [-0.1, -0.05) is 23.2 Å². The van der Waals surface area contributed by atoms with E-state index < -0.39 is 0 Å². The Hall–Kier alpha value is -2.64. The van der Waals surface area contributed by atoms with E-state index in [1.165, 1.54) is 6.20 Å². The molecule has 7 nitrogen and oxygen atoms in total. The average Bonchev–Trinajstić information content (AvgIpc) is 3.01. The van der Waals surface area contributed by atoms with Crippen LogP contribution in [0.4, 0.5) is 5.95 Å². The predicted molar refractivity (Wildman–Crippen MR) is 99.4 cm³/mol. The Morgan fingerprint density at radius 2 is 2.04 bits per heavy atom. The van der Waals surface area contributed by atoms with Crippen LogP contribution >= 0.6 is 23.2 Å². The minimum absolute atomic E-state index is 0.0338. The molecule has 0 amide bonds. The molecule has 2 aromatic heterocycles. The van der Waals surface area contributed by atoms with Crippen molar-refractivity contribution >= 4 is 35.1 Å². The highest BCUT2D eigenvalue weighted by Crippen LogP contribution is 2.30. The number of esters is 1. The van der Waals surface area contributed by atoms with E-state index >= 15 is 0 Å². The summed E-state index contributed by atoms with van der Waals surface area (Å²) in [6, 6.07) is 6.83. The van der Waals surface area contributed by atoms with E-state index in [1.807, 2.05) is 0 Å². The Morgan fingerprint density at radius 1 is 1.23 bits per heavy atom. The van der Waals surface area contributed by atoms with Crippen LogP contribution in [0, 0.1) is 0 Å². The first kappa shape index (κ1) is 18.2. The second kappa shape index (κ2) is 7.72. The normalized spacial score (nSPS) is 10.7. The molecule has 0 aliphatic carbocycles. The van der Waals surface area contributed by atoms with E-state index in [1.54, 1.807) is 42.0 Å². The number of imidazole rings is 1. The lowest BCUT2D eigenvalue weighted by Crippen LogP contribution is -2.13. The Kier molecular flexibility index (Phi) is 5.39. The largest absolute Gasteiger partial charge is 0.466 e. The first-order valence-electron chi connectivity index (χ1n) is 7.76. The van der Waals surface area contributed by atoms with Crippen molar-refractivity contribution in [3.63, 3.8) is 0 Å². The van der Waals surface area contributed by atoms with Crippen molar-refractivity contribution in [2.24, 2.45) is 0 Å². The van der Waals surface area contributed by atoms with Gasteiger partial charge in [-0.2, -0.15) is 4.98 Å². The van der Waals surface area contributed by atoms with Gasteiger partial charge in [0.25, 0.3) is 0 Å². The number of carbonyl (C=O) groups excluding carboxylic acids is 1. The molecule has 3 aromatic rings. The molecule has 134 valence electrons. The smallest absolute Gasteiger partial charge is 0.311 e. The van der Waals surface area contributed by atoms with Gasteiger partial charge in [0, 0.05) is 18.0 Å². The number of carbonyl (C=O) groups is 1. The molecule has 0 aliphatic heterocycles. The van der Waals surface area contributed by atoms with Crippen molar-refractivity contribution < 1.29 is 9.53 Å². The number of nitrogen functional groups attached to an aromatic ring is 1. The van der Waals surface area contributed by atoms with Gasteiger partial charge in [-0.25, -0.2) is 9.97 Å². The number of halogens is 2. The van der Waals surface area contributed by atoms with Gasteiger partial charge in [0.15, 0.2) is 0 Å². The first-order valence-corrected chi connectivity index (χ1v) is 8.51. The van der Waals surface area contributed by atoms with Crippen molar-refractivity contribution in [1.29, 1.82) is 0 Å². The number of nitrogens with zero attached hydrogens (tertiary/aromatic N) is 4. The number of ether oxygens (including phenoxy) is 1. The molecule has 2 N–H and O–H groups in total. The van der Waals surface area contributed by atoms with Crippen LogP contribution in [0.2, 0.25) is 10.0 Å². The van der Waals surface area contributed by atoms with Gasteiger partial charge in [0.2, 0.25) is 5.95 Å². The highest BCUT2D eigenvalue weighted by atomic mass is 35.5. The van der Waals surface area contributed by atoms with E-state index in [2.05, 4.69) is 15.0 Å². The molecule has 0 spiro atoms. The molecule has 0 saturated heterocycles. The van der Waals surface area contributed by atoms with Gasteiger partial charge < -0.3 is 10.5 Å². The molecule has 9 heteroatoms. The van der Waals surface area contributed by atoms with Crippen molar-refractivity contribution in [3.05, 3.63) is 52.4 Å². The SMILES string of the molecule is CCOC(=O)Cc1cnc(-c2ccc(Cl)c(Cl)c2)n1-c1ccnc(N)n1. The molecule has 26 heavy (non-hydrogen) atoms. The van der Waals surface area contributed by atoms with Gasteiger partial charge >= 0.3 is 5.97 Å². The van der Waals surface area contributed by atoms with E-state index in [-0.39, 0.29) is 18.3 Å². The highest BCUT2D eigenvalue weighted by molar-refractivity contribution is 6.42. The summed E-state index contributed by atoms with van der Waals surface area (Å²) in [4.78, 5) is 24.5. The number of hydrogen-bond acceptors (Lipinski definition) is 6. The minimum Gasteiger partial charge on any atom is -0.466 e. The van der Waals surface area contributed by atoms with E-state index in [4.69, 9.17) is 33.7 Å². The summed E-state index contributed by atoms with van der Waals surface area (Å²) in [7, 11) is 0. The Bertz CT molecular complexity index is 958. The summed E-state index contributed by atoms with van der Waals surface area (Å²) >= 11 is 12.1. The second-order valence-electron chi connectivity index (χ2n) is 5.29. The third-order valence-corrected chi connectivity index (χ3v) is 4.27. The van der Waals surface area contributed by atoms with Gasteiger partial charge in [-0.3, -0.25) is 9.36 Å². The molecule has 3 rings (SSSR count). The third kappa shape index (κ3) is 3.79. The summed E-state index contributed by atoms with van der Waals surface area (Å²) in [6.45, 7) is 2.05. The fourth-order valence-electron chi connectivity index (χ4n) is 2.45. The maximum absolute atomic E-state index is 11.9. The zero-order valence-electron chi connectivity index (χ0n) is 13.8. The summed E-state index contributed by atoms with van der Waals surface area (Å²) in [5.74, 6) is 0.770. The first-order chi connectivity index (χ1) is 12.5. The van der Waals surface area contributed by atoms with E-state index in [0.717, 1.165) is 0 Å². The van der Waals surface area contributed by atoms with Crippen LogP contribution in [0.25, 0.3) is 17.2 Å². The summed E-state index contributed by atoms with van der Waals surface area (Å²) < 4.78 is 6.75. The zero-order chi connectivity index (χ0) is 18.7.